The van der Waals surface area contributed by atoms with E-state index in [1.54, 1.807) is 24.3 Å². The van der Waals surface area contributed by atoms with E-state index < -0.39 is 68.8 Å². The molecule has 4 rings (SSSR count). The first-order valence-electron chi connectivity index (χ1n) is 14.1. The van der Waals surface area contributed by atoms with Crippen LogP contribution in [0.1, 0.15) is 59.1 Å². The number of halogens is 8. The van der Waals surface area contributed by atoms with E-state index in [-0.39, 0.29) is 0 Å². The Hall–Kier alpha value is -5.98. The molecule has 0 radical (unpaired) electrons. The Bertz CT molecular complexity index is 1840. The summed E-state index contributed by atoms with van der Waals surface area (Å²) >= 11 is 0. The summed E-state index contributed by atoms with van der Waals surface area (Å²) in [5.41, 5.74) is -4.35. The molecular weight excluding hydrogens is 644 g/mol. The number of hydrogen-bond acceptors (Lipinski definition) is 4. The van der Waals surface area contributed by atoms with E-state index in [1.807, 2.05) is 0 Å². The molecule has 4 aromatic carbocycles. The van der Waals surface area contributed by atoms with Crippen LogP contribution in [0.4, 0.5) is 35.1 Å². The van der Waals surface area contributed by atoms with Crippen molar-refractivity contribution in [2.75, 3.05) is 13.2 Å². The maximum absolute atomic E-state index is 14.0. The Morgan fingerprint density at radius 1 is 0.396 bits per heavy atom. The summed E-state index contributed by atoms with van der Waals surface area (Å²) in [6, 6.07) is 14.4. The number of rotatable bonds is 9. The molecule has 0 N–H and O–H groups in total. The second-order valence-electron chi connectivity index (χ2n) is 9.90. The molecule has 0 aliphatic heterocycles. The van der Waals surface area contributed by atoms with E-state index in [0.29, 0.717) is 35.8 Å². The smallest absolute Gasteiger partial charge is 0.181 e. The van der Waals surface area contributed by atoms with Crippen LogP contribution in [0, 0.1) is 92.9 Å². The van der Waals surface area contributed by atoms with Gasteiger partial charge in [-0.3, -0.25) is 0 Å². The van der Waals surface area contributed by atoms with Crippen LogP contribution in [0.5, 0.6) is 11.5 Å². The maximum atomic E-state index is 14.0. The van der Waals surface area contributed by atoms with E-state index >= 15 is 0 Å². The normalized spacial score (nSPS) is 10.2. The van der Waals surface area contributed by atoms with Gasteiger partial charge >= 0.3 is 0 Å². The molecular formula is C36H20F8N2O2. The first-order chi connectivity index (χ1) is 23.1. The van der Waals surface area contributed by atoms with Gasteiger partial charge in [-0.05, 0) is 74.2 Å². The molecule has 0 spiro atoms. The first-order valence-corrected chi connectivity index (χ1v) is 14.1. The Balaban J connectivity index is 1.17. The van der Waals surface area contributed by atoms with Gasteiger partial charge in [0.15, 0.2) is 46.5 Å². The molecule has 0 saturated heterocycles. The molecule has 0 heterocycles. The summed E-state index contributed by atoms with van der Waals surface area (Å²) in [4.78, 5) is 0. The predicted molar refractivity (Wildman–Crippen MR) is 156 cm³/mol. The van der Waals surface area contributed by atoms with Crippen LogP contribution in [0.25, 0.3) is 0 Å². The highest BCUT2D eigenvalue weighted by Crippen LogP contribution is 2.25. The zero-order valence-corrected chi connectivity index (χ0v) is 24.6. The SMILES string of the molecule is N#Cc1c(F)c(F)c(C#Cc2ccc(OCCCCCCOc3ccc(C#Cc4c(F)c(F)c(C#N)c(F)c4F)cc3)cc2)c(F)c1F. The van der Waals surface area contributed by atoms with Crippen LogP contribution in [-0.4, -0.2) is 13.2 Å². The molecule has 0 bridgehead atoms. The second-order valence-corrected chi connectivity index (χ2v) is 9.90. The average molecular weight is 665 g/mol. The van der Waals surface area contributed by atoms with Gasteiger partial charge in [-0.15, -0.1) is 0 Å². The van der Waals surface area contributed by atoms with Crippen molar-refractivity contribution in [2.24, 2.45) is 0 Å². The van der Waals surface area contributed by atoms with Gasteiger partial charge in [-0.1, -0.05) is 23.7 Å². The van der Waals surface area contributed by atoms with Crippen molar-refractivity contribution in [3.63, 3.8) is 0 Å². The Morgan fingerprint density at radius 3 is 0.979 bits per heavy atom. The van der Waals surface area contributed by atoms with Gasteiger partial charge in [-0.2, -0.15) is 10.5 Å². The van der Waals surface area contributed by atoms with Gasteiger partial charge in [-0.25, -0.2) is 35.1 Å². The minimum absolute atomic E-state index is 0.302. The lowest BCUT2D eigenvalue weighted by Crippen LogP contribution is -2.04. The molecule has 0 unspecified atom stereocenters. The number of nitriles is 2. The van der Waals surface area contributed by atoms with Crippen LogP contribution >= 0.6 is 0 Å². The third-order valence-corrected chi connectivity index (χ3v) is 6.70. The average Bonchev–Trinajstić information content (AvgIpc) is 3.09. The van der Waals surface area contributed by atoms with E-state index in [2.05, 4.69) is 23.7 Å². The summed E-state index contributed by atoms with van der Waals surface area (Å²) in [5, 5.41) is 17.3. The standard InChI is InChI=1S/C36H20F8N2O2/c37-29-25(30(38)34(42)27(19-45)33(29)41)15-9-21-5-11-23(12-6-21)47-17-3-1-2-4-18-48-24-13-7-22(8-14-24)10-16-26-31(39)35(43)28(20-46)36(44)32(26)40/h5-8,11-14H,1-4,17-18H2. The zero-order chi connectivity index (χ0) is 34.8. The van der Waals surface area contributed by atoms with Gasteiger partial charge < -0.3 is 9.47 Å². The lowest BCUT2D eigenvalue weighted by atomic mass is 10.1. The summed E-state index contributed by atoms with van der Waals surface area (Å²) in [6.07, 6.45) is 3.13. The van der Waals surface area contributed by atoms with Crippen molar-refractivity contribution >= 4 is 0 Å². The molecule has 242 valence electrons. The third kappa shape index (κ3) is 8.05. The molecule has 4 nitrogen and oxygen atoms in total. The Kier molecular flexibility index (Phi) is 11.6. The molecule has 48 heavy (non-hydrogen) atoms. The summed E-state index contributed by atoms with van der Waals surface area (Å²) in [7, 11) is 0. The number of unbranched alkanes of at least 4 members (excludes halogenated alkanes) is 3. The monoisotopic (exact) mass is 664 g/mol. The maximum Gasteiger partial charge on any atom is 0.181 e. The molecule has 0 saturated carbocycles. The summed E-state index contributed by atoms with van der Waals surface area (Å²) in [5.74, 6) is -4.25. The van der Waals surface area contributed by atoms with Crippen molar-refractivity contribution in [3.05, 3.63) is 128 Å². The predicted octanol–water partition coefficient (Wildman–Crippen LogP) is 8.36. The number of ether oxygens (including phenoxy) is 2. The molecule has 0 aromatic heterocycles. The van der Waals surface area contributed by atoms with E-state index in [1.165, 1.54) is 24.3 Å². The Morgan fingerprint density at radius 2 is 0.688 bits per heavy atom. The highest BCUT2D eigenvalue weighted by Gasteiger charge is 2.25. The van der Waals surface area contributed by atoms with Gasteiger partial charge in [0.25, 0.3) is 0 Å². The van der Waals surface area contributed by atoms with Gasteiger partial charge in [0.05, 0.1) is 13.2 Å². The number of benzene rings is 4. The lowest BCUT2D eigenvalue weighted by molar-refractivity contribution is 0.287. The molecule has 0 atom stereocenters. The molecule has 12 heteroatoms. The van der Waals surface area contributed by atoms with Crippen molar-refractivity contribution in [2.45, 2.75) is 25.7 Å². The van der Waals surface area contributed by atoms with Crippen LogP contribution in [0.3, 0.4) is 0 Å². The molecule has 0 aliphatic carbocycles. The summed E-state index contributed by atoms with van der Waals surface area (Å²) in [6.45, 7) is 0.814. The summed E-state index contributed by atoms with van der Waals surface area (Å²) < 4.78 is 123. The van der Waals surface area contributed by atoms with Crippen molar-refractivity contribution in [1.29, 1.82) is 10.5 Å². The molecule has 4 aromatic rings. The van der Waals surface area contributed by atoms with Gasteiger partial charge in [0.2, 0.25) is 0 Å². The largest absolute Gasteiger partial charge is 0.494 e. The van der Waals surface area contributed by atoms with E-state index in [4.69, 9.17) is 20.0 Å². The molecule has 0 aliphatic rings. The fourth-order valence-corrected chi connectivity index (χ4v) is 4.16. The van der Waals surface area contributed by atoms with Crippen molar-refractivity contribution < 1.29 is 44.6 Å². The van der Waals surface area contributed by atoms with Gasteiger partial charge in [0.1, 0.15) is 45.9 Å². The number of hydrogen-bond donors (Lipinski definition) is 0. The minimum atomic E-state index is -1.81. The second kappa shape index (κ2) is 16.0. The van der Waals surface area contributed by atoms with Gasteiger partial charge in [0, 0.05) is 11.1 Å². The zero-order valence-electron chi connectivity index (χ0n) is 24.6. The number of nitrogens with zero attached hydrogens (tertiary/aromatic N) is 2. The molecule has 0 amide bonds. The fourth-order valence-electron chi connectivity index (χ4n) is 4.16. The van der Waals surface area contributed by atoms with Crippen LogP contribution < -0.4 is 9.47 Å². The molecule has 0 fully saturated rings. The van der Waals surface area contributed by atoms with E-state index in [0.717, 1.165) is 37.8 Å². The fraction of sp³-hybridized carbons (Fsp3) is 0.167. The van der Waals surface area contributed by atoms with E-state index in [9.17, 15) is 35.1 Å². The van der Waals surface area contributed by atoms with Crippen molar-refractivity contribution in [3.8, 4) is 47.3 Å². The third-order valence-electron chi connectivity index (χ3n) is 6.70. The minimum Gasteiger partial charge on any atom is -0.494 e. The van der Waals surface area contributed by atoms with Crippen LogP contribution in [0.2, 0.25) is 0 Å². The quantitative estimate of drug-likeness (QED) is 0.0781. The topological polar surface area (TPSA) is 66.0 Å². The first kappa shape index (κ1) is 34.9. The highest BCUT2D eigenvalue weighted by atomic mass is 19.2. The Labute approximate surface area is 269 Å². The van der Waals surface area contributed by atoms with Crippen LogP contribution in [-0.2, 0) is 0 Å². The van der Waals surface area contributed by atoms with Crippen LogP contribution in [0.15, 0.2) is 48.5 Å². The lowest BCUT2D eigenvalue weighted by Gasteiger charge is -2.07. The van der Waals surface area contributed by atoms with Crippen molar-refractivity contribution in [1.82, 2.24) is 0 Å². The highest BCUT2D eigenvalue weighted by molar-refractivity contribution is 5.50.